The minimum atomic E-state index is 0.0973. The van der Waals surface area contributed by atoms with E-state index in [2.05, 4.69) is 23.8 Å². The fourth-order valence-corrected chi connectivity index (χ4v) is 1.96. The summed E-state index contributed by atoms with van der Waals surface area (Å²) in [6.45, 7) is 5.72. The highest BCUT2D eigenvalue weighted by atomic mass is 32.2. The van der Waals surface area contributed by atoms with Crippen molar-refractivity contribution >= 4 is 17.7 Å². The molecule has 86 valence electrons. The highest BCUT2D eigenvalue weighted by Gasteiger charge is 2.16. The van der Waals surface area contributed by atoms with Crippen molar-refractivity contribution in [3.63, 3.8) is 0 Å². The first-order chi connectivity index (χ1) is 7.15. The Labute approximate surface area is 96.1 Å². The van der Waals surface area contributed by atoms with Gasteiger partial charge < -0.3 is 10.6 Å². The van der Waals surface area contributed by atoms with Crippen molar-refractivity contribution in [2.75, 3.05) is 25.1 Å². The van der Waals surface area contributed by atoms with Gasteiger partial charge in [0.05, 0.1) is 0 Å². The van der Waals surface area contributed by atoms with Gasteiger partial charge in [-0.25, -0.2) is 0 Å². The minimum Gasteiger partial charge on any atom is -0.350 e. The van der Waals surface area contributed by atoms with Crippen LogP contribution in [0, 0.1) is 0 Å². The van der Waals surface area contributed by atoms with Crippen LogP contribution >= 0.6 is 11.8 Å². The molecule has 0 aromatic rings. The maximum Gasteiger partial charge on any atom is 0.247 e. The molecule has 1 unspecified atom stereocenters. The highest BCUT2D eigenvalue weighted by Crippen LogP contribution is 2.09. The normalized spacial score (nSPS) is 16.9. The van der Waals surface area contributed by atoms with Gasteiger partial charge in [-0.3, -0.25) is 4.79 Å². The van der Waals surface area contributed by atoms with E-state index >= 15 is 0 Å². The molecule has 1 heterocycles. The standard InChI is InChI=1S/C11H20N2OS/c1-8(4-5-15-3)13-11(14)9(2)10-6-12-7-10/h8,12H,4-7H2,1-3H3,(H,13,14). The lowest BCUT2D eigenvalue weighted by Crippen LogP contribution is -2.39. The Bertz CT molecular complexity index is 257. The zero-order valence-corrected chi connectivity index (χ0v) is 10.5. The Morgan fingerprint density at radius 2 is 2.27 bits per heavy atom. The second kappa shape index (κ2) is 6.18. The van der Waals surface area contributed by atoms with Crippen molar-refractivity contribution in [1.82, 2.24) is 10.6 Å². The van der Waals surface area contributed by atoms with Gasteiger partial charge in [0.15, 0.2) is 0 Å². The van der Waals surface area contributed by atoms with Crippen molar-refractivity contribution < 1.29 is 4.79 Å². The van der Waals surface area contributed by atoms with E-state index in [9.17, 15) is 4.79 Å². The summed E-state index contributed by atoms with van der Waals surface area (Å²) >= 11 is 1.81. The van der Waals surface area contributed by atoms with Crippen molar-refractivity contribution in [3.8, 4) is 0 Å². The predicted molar refractivity (Wildman–Crippen MR) is 66.2 cm³/mol. The summed E-state index contributed by atoms with van der Waals surface area (Å²) in [6.07, 6.45) is 3.12. The largest absolute Gasteiger partial charge is 0.350 e. The molecule has 3 nitrogen and oxygen atoms in total. The van der Waals surface area contributed by atoms with Crippen LogP contribution in [-0.2, 0) is 4.79 Å². The molecular weight excluding hydrogens is 208 g/mol. The Balaban J connectivity index is 2.34. The molecule has 0 spiro atoms. The third-order valence-electron chi connectivity index (χ3n) is 2.68. The van der Waals surface area contributed by atoms with Crippen LogP contribution in [0.25, 0.3) is 0 Å². The number of thioether (sulfide) groups is 1. The number of amides is 1. The molecular formula is C11H20N2OS. The van der Waals surface area contributed by atoms with E-state index in [1.165, 1.54) is 5.57 Å². The highest BCUT2D eigenvalue weighted by molar-refractivity contribution is 7.98. The van der Waals surface area contributed by atoms with Crippen LogP contribution in [0.3, 0.4) is 0 Å². The number of rotatable bonds is 5. The average molecular weight is 228 g/mol. The van der Waals surface area contributed by atoms with Gasteiger partial charge in [0.25, 0.3) is 0 Å². The molecule has 0 aliphatic carbocycles. The van der Waals surface area contributed by atoms with Crippen LogP contribution in [0.1, 0.15) is 20.3 Å². The fraction of sp³-hybridized carbons (Fsp3) is 0.727. The predicted octanol–water partition coefficient (Wildman–Crippen LogP) is 1.16. The molecule has 1 aliphatic rings. The van der Waals surface area contributed by atoms with E-state index in [4.69, 9.17) is 0 Å². The zero-order valence-electron chi connectivity index (χ0n) is 9.72. The fourth-order valence-electron chi connectivity index (χ4n) is 1.37. The maximum absolute atomic E-state index is 11.7. The summed E-state index contributed by atoms with van der Waals surface area (Å²) in [7, 11) is 0. The van der Waals surface area contributed by atoms with E-state index in [0.717, 1.165) is 30.8 Å². The Morgan fingerprint density at radius 3 is 2.73 bits per heavy atom. The molecule has 0 aromatic heterocycles. The van der Waals surface area contributed by atoms with Gasteiger partial charge in [-0.05, 0) is 37.9 Å². The lowest BCUT2D eigenvalue weighted by atomic mass is 10.0. The molecule has 0 saturated carbocycles. The summed E-state index contributed by atoms with van der Waals surface area (Å²) < 4.78 is 0. The Hall–Kier alpha value is -0.480. The molecule has 1 amide bonds. The number of carbonyl (C=O) groups excluding carboxylic acids is 1. The molecule has 15 heavy (non-hydrogen) atoms. The van der Waals surface area contributed by atoms with E-state index in [-0.39, 0.29) is 11.9 Å². The topological polar surface area (TPSA) is 41.1 Å². The first-order valence-electron chi connectivity index (χ1n) is 5.34. The maximum atomic E-state index is 11.7. The Kier molecular flexibility index (Phi) is 5.19. The molecule has 1 aliphatic heterocycles. The molecule has 0 aromatic carbocycles. The molecule has 1 fully saturated rings. The molecule has 4 heteroatoms. The van der Waals surface area contributed by atoms with Crippen LogP contribution in [0.15, 0.2) is 11.1 Å². The summed E-state index contributed by atoms with van der Waals surface area (Å²) in [5, 5.41) is 6.17. The van der Waals surface area contributed by atoms with Crippen LogP contribution in [-0.4, -0.2) is 37.0 Å². The third-order valence-corrected chi connectivity index (χ3v) is 3.32. The van der Waals surface area contributed by atoms with Crippen molar-refractivity contribution in [2.24, 2.45) is 0 Å². The van der Waals surface area contributed by atoms with Gasteiger partial charge in [0, 0.05) is 24.7 Å². The lowest BCUT2D eigenvalue weighted by Gasteiger charge is -2.22. The van der Waals surface area contributed by atoms with E-state index < -0.39 is 0 Å². The molecule has 0 radical (unpaired) electrons. The van der Waals surface area contributed by atoms with E-state index in [1.54, 1.807) is 0 Å². The summed E-state index contributed by atoms with van der Waals surface area (Å²) in [4.78, 5) is 11.7. The first kappa shape index (κ1) is 12.6. The third kappa shape index (κ3) is 3.87. The quantitative estimate of drug-likeness (QED) is 0.694. The molecule has 0 bridgehead atoms. The lowest BCUT2D eigenvalue weighted by molar-refractivity contribution is -0.118. The SMILES string of the molecule is CSCCC(C)NC(=O)C(C)=C1CNC1. The molecule has 1 atom stereocenters. The van der Waals surface area contributed by atoms with Gasteiger partial charge in [0.1, 0.15) is 0 Å². The number of hydrogen-bond acceptors (Lipinski definition) is 3. The minimum absolute atomic E-state index is 0.0973. The second-order valence-electron chi connectivity index (χ2n) is 3.99. The van der Waals surface area contributed by atoms with Crippen molar-refractivity contribution in [1.29, 1.82) is 0 Å². The van der Waals surface area contributed by atoms with E-state index in [0.29, 0.717) is 0 Å². The molecule has 1 rings (SSSR count). The van der Waals surface area contributed by atoms with Gasteiger partial charge in [-0.2, -0.15) is 11.8 Å². The monoisotopic (exact) mass is 228 g/mol. The number of carbonyl (C=O) groups is 1. The Morgan fingerprint density at radius 1 is 1.60 bits per heavy atom. The number of hydrogen-bond donors (Lipinski definition) is 2. The van der Waals surface area contributed by atoms with Crippen LogP contribution in [0.5, 0.6) is 0 Å². The van der Waals surface area contributed by atoms with Crippen molar-refractivity contribution in [2.45, 2.75) is 26.3 Å². The number of nitrogens with one attached hydrogen (secondary N) is 2. The van der Waals surface area contributed by atoms with Crippen molar-refractivity contribution in [3.05, 3.63) is 11.1 Å². The van der Waals surface area contributed by atoms with Gasteiger partial charge >= 0.3 is 0 Å². The van der Waals surface area contributed by atoms with E-state index in [1.807, 2.05) is 18.7 Å². The van der Waals surface area contributed by atoms with Crippen LogP contribution in [0.4, 0.5) is 0 Å². The molecule has 1 saturated heterocycles. The summed E-state index contributed by atoms with van der Waals surface area (Å²) in [5.41, 5.74) is 2.13. The van der Waals surface area contributed by atoms with Gasteiger partial charge in [0.2, 0.25) is 5.91 Å². The summed E-state index contributed by atoms with van der Waals surface area (Å²) in [6, 6.07) is 0.272. The van der Waals surface area contributed by atoms with Crippen LogP contribution in [0.2, 0.25) is 0 Å². The van der Waals surface area contributed by atoms with Gasteiger partial charge in [-0.15, -0.1) is 0 Å². The van der Waals surface area contributed by atoms with Gasteiger partial charge in [-0.1, -0.05) is 0 Å². The smallest absolute Gasteiger partial charge is 0.247 e. The zero-order chi connectivity index (χ0) is 11.3. The molecule has 2 N–H and O–H groups in total. The van der Waals surface area contributed by atoms with Crippen LogP contribution < -0.4 is 10.6 Å². The average Bonchev–Trinajstić information content (AvgIpc) is 2.11. The second-order valence-corrected chi connectivity index (χ2v) is 4.97. The summed E-state index contributed by atoms with van der Waals surface area (Å²) in [5.74, 6) is 1.19. The first-order valence-corrected chi connectivity index (χ1v) is 6.73.